The van der Waals surface area contributed by atoms with Crippen LogP contribution >= 0.6 is 11.3 Å². The first-order valence-electron chi connectivity index (χ1n) is 12.5. The summed E-state index contributed by atoms with van der Waals surface area (Å²) in [5.41, 5.74) is 7.23. The second kappa shape index (κ2) is 8.33. The van der Waals surface area contributed by atoms with Crippen LogP contribution in [0, 0.1) is 0 Å². The fourth-order valence-electron chi connectivity index (χ4n) is 5.35. The number of fused-ring (bicyclic) bond motifs is 6. The van der Waals surface area contributed by atoms with Gasteiger partial charge < -0.3 is 0 Å². The first kappa shape index (κ1) is 21.2. The molecular weight excluding hydrogens is 484 g/mol. The fraction of sp³-hybridized carbons (Fsp3) is 0. The van der Waals surface area contributed by atoms with E-state index in [9.17, 15) is 0 Å². The molecule has 5 heteroatoms. The molecule has 0 N–H and O–H groups in total. The Morgan fingerprint density at radius 3 is 2.34 bits per heavy atom. The van der Waals surface area contributed by atoms with Gasteiger partial charge in [-0.25, -0.2) is 4.98 Å². The van der Waals surface area contributed by atoms with Gasteiger partial charge in [0.1, 0.15) is 5.82 Å². The van der Waals surface area contributed by atoms with E-state index in [1.54, 1.807) is 6.20 Å². The van der Waals surface area contributed by atoms with Crippen molar-refractivity contribution in [3.63, 3.8) is 0 Å². The van der Waals surface area contributed by atoms with E-state index in [-0.39, 0.29) is 0 Å². The normalized spacial score (nSPS) is 11.7. The molecule has 0 saturated carbocycles. The van der Waals surface area contributed by atoms with Crippen molar-refractivity contribution in [1.29, 1.82) is 0 Å². The van der Waals surface area contributed by atoms with E-state index in [1.807, 2.05) is 48.0 Å². The van der Waals surface area contributed by atoms with Gasteiger partial charge in [0, 0.05) is 55.3 Å². The molecule has 38 heavy (non-hydrogen) atoms. The van der Waals surface area contributed by atoms with E-state index in [1.165, 1.54) is 20.2 Å². The van der Waals surface area contributed by atoms with Gasteiger partial charge in [-0.05, 0) is 54.1 Å². The van der Waals surface area contributed by atoms with Crippen molar-refractivity contribution in [2.45, 2.75) is 0 Å². The minimum Gasteiger partial charge on any atom is -0.292 e. The van der Waals surface area contributed by atoms with Crippen LogP contribution in [0.3, 0.4) is 0 Å². The zero-order chi connectivity index (χ0) is 25.1. The van der Waals surface area contributed by atoms with Crippen LogP contribution in [0.1, 0.15) is 0 Å². The molecule has 178 valence electrons. The van der Waals surface area contributed by atoms with Gasteiger partial charge in [0.25, 0.3) is 0 Å². The molecule has 0 amide bonds. The number of pyridine rings is 3. The molecule has 0 atom stereocenters. The van der Waals surface area contributed by atoms with E-state index in [2.05, 4.69) is 88.4 Å². The second-order valence-corrected chi connectivity index (χ2v) is 10.5. The number of benzene rings is 3. The van der Waals surface area contributed by atoms with Gasteiger partial charge in [0.2, 0.25) is 0 Å². The summed E-state index contributed by atoms with van der Waals surface area (Å²) < 4.78 is 4.81. The van der Waals surface area contributed by atoms with Crippen LogP contribution in [-0.4, -0.2) is 19.5 Å². The molecule has 4 nitrogen and oxygen atoms in total. The van der Waals surface area contributed by atoms with Crippen LogP contribution in [-0.2, 0) is 0 Å². The van der Waals surface area contributed by atoms with Crippen LogP contribution in [0.15, 0.2) is 122 Å². The van der Waals surface area contributed by atoms with Gasteiger partial charge >= 0.3 is 0 Å². The van der Waals surface area contributed by atoms with Crippen molar-refractivity contribution in [1.82, 2.24) is 19.5 Å². The minimum atomic E-state index is 0.860. The molecule has 0 bridgehead atoms. The highest BCUT2D eigenvalue weighted by Crippen LogP contribution is 2.40. The lowest BCUT2D eigenvalue weighted by Crippen LogP contribution is -1.99. The molecule has 0 spiro atoms. The van der Waals surface area contributed by atoms with E-state index in [4.69, 9.17) is 9.97 Å². The lowest BCUT2D eigenvalue weighted by atomic mass is 10.1. The first-order valence-corrected chi connectivity index (χ1v) is 13.3. The first-order chi connectivity index (χ1) is 18.8. The standard InChI is InChI=1S/C33H20N4S/c1-2-8-21(9-3-1)23-16-29-33(35-20-23)26-17-25-24-11-4-5-13-30(24)38-31(25)18-28(26)37(29)32-14-6-12-27(36-32)22-10-7-15-34-19-22/h1-20H. The summed E-state index contributed by atoms with van der Waals surface area (Å²) in [4.78, 5) is 14.4. The predicted molar refractivity (Wildman–Crippen MR) is 158 cm³/mol. The topological polar surface area (TPSA) is 43.6 Å². The summed E-state index contributed by atoms with van der Waals surface area (Å²) in [6, 6.07) is 36.0. The highest BCUT2D eigenvalue weighted by Gasteiger charge is 2.18. The largest absolute Gasteiger partial charge is 0.292 e. The Labute approximate surface area is 222 Å². The summed E-state index contributed by atoms with van der Waals surface area (Å²) in [6.07, 6.45) is 5.62. The van der Waals surface area contributed by atoms with Crippen LogP contribution < -0.4 is 0 Å². The molecule has 5 heterocycles. The van der Waals surface area contributed by atoms with E-state index in [0.717, 1.165) is 50.1 Å². The summed E-state index contributed by atoms with van der Waals surface area (Å²) in [7, 11) is 0. The van der Waals surface area contributed by atoms with Crippen molar-refractivity contribution in [3.8, 4) is 28.2 Å². The van der Waals surface area contributed by atoms with Crippen molar-refractivity contribution in [2.75, 3.05) is 0 Å². The molecule has 8 aromatic rings. The molecule has 5 aromatic heterocycles. The molecule has 8 rings (SSSR count). The number of hydrogen-bond donors (Lipinski definition) is 0. The van der Waals surface area contributed by atoms with Crippen LogP contribution in [0.5, 0.6) is 0 Å². The molecule has 0 fully saturated rings. The van der Waals surface area contributed by atoms with Crippen LogP contribution in [0.4, 0.5) is 0 Å². The van der Waals surface area contributed by atoms with Crippen molar-refractivity contribution < 1.29 is 0 Å². The molecule has 0 radical (unpaired) electrons. The lowest BCUT2D eigenvalue weighted by molar-refractivity contribution is 1.08. The zero-order valence-electron chi connectivity index (χ0n) is 20.2. The van der Waals surface area contributed by atoms with Crippen LogP contribution in [0.25, 0.3) is 70.3 Å². The Balaban J connectivity index is 1.47. The summed E-state index contributed by atoms with van der Waals surface area (Å²) >= 11 is 1.83. The van der Waals surface area contributed by atoms with E-state index < -0.39 is 0 Å². The summed E-state index contributed by atoms with van der Waals surface area (Å²) in [5.74, 6) is 0.860. The molecule has 3 aromatic carbocycles. The molecule has 0 aliphatic heterocycles. The van der Waals surface area contributed by atoms with Gasteiger partial charge in [-0.2, -0.15) is 0 Å². The molecule has 0 saturated heterocycles. The SMILES string of the molecule is c1ccc(-c2cnc3c4cc5c(cc4n(-c4cccc(-c6cccnc6)n4)c3c2)sc2ccccc25)cc1. The third-order valence-electron chi connectivity index (χ3n) is 7.13. The van der Waals surface area contributed by atoms with Gasteiger partial charge in [-0.15, -0.1) is 11.3 Å². The Morgan fingerprint density at radius 2 is 1.45 bits per heavy atom. The molecule has 0 aliphatic carbocycles. The maximum absolute atomic E-state index is 5.11. The van der Waals surface area contributed by atoms with Gasteiger partial charge in [-0.1, -0.05) is 54.6 Å². The number of rotatable bonds is 3. The smallest absolute Gasteiger partial charge is 0.138 e. The quantitative estimate of drug-likeness (QED) is 0.242. The summed E-state index contributed by atoms with van der Waals surface area (Å²) in [6.45, 7) is 0. The predicted octanol–water partition coefficient (Wildman–Crippen LogP) is 8.67. The van der Waals surface area contributed by atoms with Crippen molar-refractivity contribution in [3.05, 3.63) is 122 Å². The highest BCUT2D eigenvalue weighted by molar-refractivity contribution is 7.25. The maximum Gasteiger partial charge on any atom is 0.138 e. The van der Waals surface area contributed by atoms with Gasteiger partial charge in [-0.3, -0.25) is 14.5 Å². The van der Waals surface area contributed by atoms with E-state index >= 15 is 0 Å². The number of hydrogen-bond acceptors (Lipinski definition) is 4. The van der Waals surface area contributed by atoms with E-state index in [0.29, 0.717) is 0 Å². The van der Waals surface area contributed by atoms with Crippen molar-refractivity contribution in [2.24, 2.45) is 0 Å². The monoisotopic (exact) mass is 504 g/mol. The van der Waals surface area contributed by atoms with Crippen LogP contribution in [0.2, 0.25) is 0 Å². The van der Waals surface area contributed by atoms with Crippen molar-refractivity contribution >= 4 is 53.4 Å². The average Bonchev–Trinajstić information content (AvgIpc) is 3.51. The number of nitrogens with zero attached hydrogens (tertiary/aromatic N) is 4. The van der Waals surface area contributed by atoms with Gasteiger partial charge in [0.15, 0.2) is 0 Å². The number of aromatic nitrogens is 4. The minimum absolute atomic E-state index is 0.860. The third-order valence-corrected chi connectivity index (χ3v) is 8.26. The highest BCUT2D eigenvalue weighted by atomic mass is 32.1. The molecular formula is C33H20N4S. The average molecular weight is 505 g/mol. The Hall–Kier alpha value is -4.87. The third kappa shape index (κ3) is 3.26. The summed E-state index contributed by atoms with van der Waals surface area (Å²) in [5, 5.41) is 3.68. The Kier molecular flexibility index (Phi) is 4.66. The maximum atomic E-state index is 5.11. The Bertz CT molecular complexity index is 2130. The fourth-order valence-corrected chi connectivity index (χ4v) is 6.48. The lowest BCUT2D eigenvalue weighted by Gasteiger charge is -2.10. The second-order valence-electron chi connectivity index (χ2n) is 9.38. The molecule has 0 unspecified atom stereocenters. The number of thiophene rings is 1. The Morgan fingerprint density at radius 1 is 0.579 bits per heavy atom. The van der Waals surface area contributed by atoms with Gasteiger partial charge in [0.05, 0.1) is 22.2 Å². The molecule has 0 aliphatic rings. The zero-order valence-corrected chi connectivity index (χ0v) is 21.1.